The predicted molar refractivity (Wildman–Crippen MR) is 110 cm³/mol. The Morgan fingerprint density at radius 2 is 1.82 bits per heavy atom. The van der Waals surface area contributed by atoms with E-state index < -0.39 is 0 Å². The third-order valence-corrected chi connectivity index (χ3v) is 4.31. The zero-order valence-electron chi connectivity index (χ0n) is 16.1. The van der Waals surface area contributed by atoms with Crippen LogP contribution in [0.4, 0.5) is 0 Å². The Morgan fingerprint density at radius 3 is 2.50 bits per heavy atom. The van der Waals surface area contributed by atoms with Crippen molar-refractivity contribution < 1.29 is 9.47 Å². The molecule has 0 radical (unpaired) electrons. The van der Waals surface area contributed by atoms with Gasteiger partial charge in [-0.3, -0.25) is 0 Å². The summed E-state index contributed by atoms with van der Waals surface area (Å²) in [6, 6.07) is 15.9. The minimum atomic E-state index is 0.427. The monoisotopic (exact) mass is 379 g/mol. The average Bonchev–Trinajstić information content (AvgIpc) is 3.27. The van der Waals surface area contributed by atoms with Gasteiger partial charge in [0.2, 0.25) is 0 Å². The highest BCUT2D eigenvalue weighted by molar-refractivity contribution is 5.77. The van der Waals surface area contributed by atoms with Crippen LogP contribution >= 0.6 is 0 Å². The fraction of sp³-hybridized carbons (Fsp3) is 0.238. The lowest BCUT2D eigenvalue weighted by molar-refractivity contribution is 0.354. The first kappa shape index (κ1) is 19.3. The number of aromatic nitrogens is 2. The molecule has 0 aliphatic carbocycles. The molecule has 0 fully saturated rings. The molecule has 1 aromatic heterocycles. The van der Waals surface area contributed by atoms with Gasteiger partial charge in [-0.25, -0.2) is 9.67 Å². The van der Waals surface area contributed by atoms with Crippen molar-refractivity contribution in [2.24, 2.45) is 10.7 Å². The van der Waals surface area contributed by atoms with Crippen LogP contribution in [0.2, 0.25) is 0 Å². The number of methoxy groups -OCH3 is 2. The molecule has 0 spiro atoms. The first-order valence-corrected chi connectivity index (χ1v) is 9.03. The van der Waals surface area contributed by atoms with Gasteiger partial charge in [0.05, 0.1) is 26.5 Å². The lowest BCUT2D eigenvalue weighted by Gasteiger charge is -2.10. The fourth-order valence-electron chi connectivity index (χ4n) is 2.78. The lowest BCUT2D eigenvalue weighted by atomic mass is 10.1. The summed E-state index contributed by atoms with van der Waals surface area (Å²) in [5.41, 5.74) is 9.20. The van der Waals surface area contributed by atoms with E-state index in [0.717, 1.165) is 34.7 Å². The van der Waals surface area contributed by atoms with Crippen LogP contribution in [0.3, 0.4) is 0 Å². The Morgan fingerprint density at radius 1 is 1.07 bits per heavy atom. The summed E-state index contributed by atoms with van der Waals surface area (Å²) in [5.74, 6) is 1.87. The molecule has 2 aromatic carbocycles. The highest BCUT2D eigenvalue weighted by Gasteiger charge is 2.04. The SMILES string of the molecule is COc1ccc(CCNC(N)=NCc2ccc(-n3cccn3)cc2)cc1OC. The van der Waals surface area contributed by atoms with Gasteiger partial charge in [-0.1, -0.05) is 18.2 Å². The molecule has 0 unspecified atom stereocenters. The van der Waals surface area contributed by atoms with E-state index in [1.165, 1.54) is 0 Å². The second kappa shape index (κ2) is 9.45. The van der Waals surface area contributed by atoms with Crippen LogP contribution in [-0.4, -0.2) is 36.5 Å². The van der Waals surface area contributed by atoms with Crippen molar-refractivity contribution in [2.75, 3.05) is 20.8 Å². The number of hydrogen-bond donors (Lipinski definition) is 2. The summed E-state index contributed by atoms with van der Waals surface area (Å²) in [4.78, 5) is 4.40. The summed E-state index contributed by atoms with van der Waals surface area (Å²) < 4.78 is 12.4. The van der Waals surface area contributed by atoms with Gasteiger partial charge in [0.1, 0.15) is 0 Å². The maximum absolute atomic E-state index is 5.97. The molecule has 0 aliphatic heterocycles. The van der Waals surface area contributed by atoms with Gasteiger partial charge in [0.15, 0.2) is 17.5 Å². The smallest absolute Gasteiger partial charge is 0.188 e. The second-order valence-electron chi connectivity index (χ2n) is 6.18. The average molecular weight is 379 g/mol. The third-order valence-electron chi connectivity index (χ3n) is 4.31. The lowest BCUT2D eigenvalue weighted by Crippen LogP contribution is -2.33. The minimum absolute atomic E-state index is 0.427. The number of aliphatic imine (C=N–C) groups is 1. The van der Waals surface area contributed by atoms with E-state index in [1.54, 1.807) is 20.4 Å². The predicted octanol–water partition coefficient (Wildman–Crippen LogP) is 2.54. The molecule has 7 nitrogen and oxygen atoms in total. The number of hydrogen-bond acceptors (Lipinski definition) is 4. The molecule has 3 aromatic rings. The number of ether oxygens (including phenoxy) is 2. The Hall–Kier alpha value is -3.48. The number of rotatable bonds is 8. The molecule has 0 amide bonds. The van der Waals surface area contributed by atoms with Crippen molar-refractivity contribution in [2.45, 2.75) is 13.0 Å². The van der Waals surface area contributed by atoms with Gasteiger partial charge < -0.3 is 20.5 Å². The van der Waals surface area contributed by atoms with E-state index >= 15 is 0 Å². The van der Waals surface area contributed by atoms with Gasteiger partial charge in [-0.2, -0.15) is 5.10 Å². The zero-order valence-corrected chi connectivity index (χ0v) is 16.1. The van der Waals surface area contributed by atoms with Crippen LogP contribution in [0, 0.1) is 0 Å². The highest BCUT2D eigenvalue weighted by atomic mass is 16.5. The summed E-state index contributed by atoms with van der Waals surface area (Å²) in [6.07, 6.45) is 4.47. The quantitative estimate of drug-likeness (QED) is 0.464. The molecule has 0 saturated carbocycles. The topological polar surface area (TPSA) is 86.7 Å². The first-order chi connectivity index (χ1) is 13.7. The largest absolute Gasteiger partial charge is 0.493 e. The van der Waals surface area contributed by atoms with Crippen LogP contribution in [0.15, 0.2) is 65.9 Å². The molecule has 0 atom stereocenters. The van der Waals surface area contributed by atoms with Crippen molar-refractivity contribution in [3.05, 3.63) is 72.1 Å². The Labute approximate surface area is 164 Å². The van der Waals surface area contributed by atoms with E-state index in [9.17, 15) is 0 Å². The first-order valence-electron chi connectivity index (χ1n) is 9.03. The molecule has 0 aliphatic rings. The standard InChI is InChI=1S/C21H25N5O2/c1-27-19-9-6-16(14-20(19)28-2)10-12-23-21(22)24-15-17-4-7-18(8-5-17)26-13-3-11-25-26/h3-9,11,13-14H,10,12,15H2,1-2H3,(H3,22,23,24). The number of benzene rings is 2. The summed E-state index contributed by atoms with van der Waals surface area (Å²) in [6.45, 7) is 1.21. The van der Waals surface area contributed by atoms with Crippen LogP contribution < -0.4 is 20.5 Å². The molecule has 28 heavy (non-hydrogen) atoms. The van der Waals surface area contributed by atoms with Crippen LogP contribution in [0.1, 0.15) is 11.1 Å². The number of nitrogens with zero attached hydrogens (tertiary/aromatic N) is 3. The molecular weight excluding hydrogens is 354 g/mol. The molecule has 146 valence electrons. The van der Waals surface area contributed by atoms with E-state index in [2.05, 4.69) is 15.4 Å². The van der Waals surface area contributed by atoms with Crippen molar-refractivity contribution in [1.29, 1.82) is 0 Å². The molecule has 0 saturated heterocycles. The summed E-state index contributed by atoms with van der Waals surface area (Å²) in [5, 5.41) is 7.36. The summed E-state index contributed by atoms with van der Waals surface area (Å²) in [7, 11) is 3.26. The fourth-order valence-corrected chi connectivity index (χ4v) is 2.78. The number of nitrogens with one attached hydrogen (secondary N) is 1. The summed E-state index contributed by atoms with van der Waals surface area (Å²) >= 11 is 0. The Balaban J connectivity index is 1.48. The Kier molecular flexibility index (Phi) is 6.51. The molecule has 3 rings (SSSR count). The van der Waals surface area contributed by atoms with Gasteiger partial charge in [-0.05, 0) is 47.9 Å². The van der Waals surface area contributed by atoms with Gasteiger partial charge in [0.25, 0.3) is 0 Å². The van der Waals surface area contributed by atoms with Gasteiger partial charge in [0, 0.05) is 18.9 Å². The zero-order chi connectivity index (χ0) is 19.8. The van der Waals surface area contributed by atoms with Crippen molar-refractivity contribution in [3.8, 4) is 17.2 Å². The molecule has 1 heterocycles. The van der Waals surface area contributed by atoms with E-state index in [1.807, 2.05) is 59.4 Å². The highest BCUT2D eigenvalue weighted by Crippen LogP contribution is 2.27. The minimum Gasteiger partial charge on any atom is -0.493 e. The molecule has 0 bridgehead atoms. The van der Waals surface area contributed by atoms with Crippen molar-refractivity contribution in [3.63, 3.8) is 0 Å². The van der Waals surface area contributed by atoms with Crippen molar-refractivity contribution in [1.82, 2.24) is 15.1 Å². The van der Waals surface area contributed by atoms with Crippen LogP contribution in [-0.2, 0) is 13.0 Å². The number of guanidine groups is 1. The Bertz CT molecular complexity index is 905. The van der Waals surface area contributed by atoms with Gasteiger partial charge >= 0.3 is 0 Å². The normalized spacial score (nSPS) is 11.3. The third kappa shape index (κ3) is 5.03. The molecule has 7 heteroatoms. The second-order valence-corrected chi connectivity index (χ2v) is 6.18. The number of nitrogens with two attached hydrogens (primary N) is 1. The maximum atomic E-state index is 5.97. The molecular formula is C21H25N5O2. The van der Waals surface area contributed by atoms with E-state index in [0.29, 0.717) is 19.0 Å². The van der Waals surface area contributed by atoms with Crippen molar-refractivity contribution >= 4 is 5.96 Å². The van der Waals surface area contributed by atoms with Gasteiger partial charge in [-0.15, -0.1) is 0 Å². The van der Waals surface area contributed by atoms with Crippen LogP contribution in [0.25, 0.3) is 5.69 Å². The maximum Gasteiger partial charge on any atom is 0.188 e. The molecule has 3 N–H and O–H groups in total. The van der Waals surface area contributed by atoms with E-state index in [4.69, 9.17) is 15.2 Å². The van der Waals surface area contributed by atoms with Crippen LogP contribution in [0.5, 0.6) is 11.5 Å². The van der Waals surface area contributed by atoms with E-state index in [-0.39, 0.29) is 0 Å².